The van der Waals surface area contributed by atoms with Crippen LogP contribution in [0.2, 0.25) is 0 Å². The van der Waals surface area contributed by atoms with Gasteiger partial charge in [0.15, 0.2) is 24.8 Å². The second-order valence-electron chi connectivity index (χ2n) is 10.1. The predicted molar refractivity (Wildman–Crippen MR) is 278 cm³/mol. The zero-order valence-electron chi connectivity index (χ0n) is 35.3. The average Bonchev–Trinajstić information content (AvgIpc) is 4.14. The van der Waals surface area contributed by atoms with Gasteiger partial charge in [0.05, 0.1) is 37.3 Å². The molecule has 0 spiro atoms. The molecule has 0 amide bonds. The van der Waals surface area contributed by atoms with E-state index in [1.807, 2.05) is 0 Å². The number of aromatic nitrogens is 14. The molecule has 0 aliphatic carbocycles. The van der Waals surface area contributed by atoms with E-state index in [1.54, 1.807) is 67.0 Å². The third-order valence-corrected chi connectivity index (χ3v) is 9.37. The Morgan fingerprint density at radius 1 is 0.726 bits per heavy atom. The predicted octanol–water partition coefficient (Wildman–Crippen LogP) is 3.52. The van der Waals surface area contributed by atoms with Crippen molar-refractivity contribution in [2.45, 2.75) is 21.4 Å². The van der Waals surface area contributed by atoms with Gasteiger partial charge in [0, 0.05) is 46.8 Å². The molecule has 73 heavy (non-hydrogen) atoms. The Hall–Kier alpha value is -3.55. The number of nitrogen functional groups attached to an aromatic ring is 1. The summed E-state index contributed by atoms with van der Waals surface area (Å²) in [5.41, 5.74) is 6.16. The van der Waals surface area contributed by atoms with Gasteiger partial charge in [-0.3, -0.25) is 9.20 Å². The van der Waals surface area contributed by atoms with Crippen molar-refractivity contribution in [1.82, 2.24) is 68.2 Å². The van der Waals surface area contributed by atoms with Crippen molar-refractivity contribution in [2.24, 2.45) is 0 Å². The van der Waals surface area contributed by atoms with Crippen LogP contribution in [0.3, 0.4) is 0 Å². The standard InChI is InChI=1S/C5H4BrN3O3.C5H3N3O3.C5H5N3O.C3H2Br2N2.C3H2BrN3O2.C3H3BrN2.C3H4N2.C2H3ClO.2CH4.Br2.2Na.O3S/c6-4-5(9(11)12)8(1-2-10)3-7-4;9-8(10)4-5-7(3-6-4)1-2-11-5;6-4-5-8(3-7-4)1-2-9-5;4-2-3(5)7-1-6-2;4-2-3(7(8)9)6-1-5-2;4-3-1-5-2-6-3;1-2-5-3-4-1;3-1-2-4;;;1-2;;;1-4(2)3/h2-3H,1H2;1-3H;1-3H,6H2;1H,(H,6,7);1H,(H,5,6);1-2H,(H,5,6);1-3H,(H,4,5);2H,1H2;2*1H4;;;;/q;;;;;;;;;;;2*+1;-2. The number of hydrogen-bond acceptors (Lipinski definition) is 22. The number of nitro groups is 3. The van der Waals surface area contributed by atoms with Crippen LogP contribution in [0.15, 0.2) is 120 Å². The molecule has 390 valence electrons. The maximum absolute atomic E-state index is 10.4. The molecule has 9 aromatic rings. The summed E-state index contributed by atoms with van der Waals surface area (Å²) in [6, 6.07) is 0. The molecule has 0 radical (unpaired) electrons. The third-order valence-electron chi connectivity index (χ3n) is 5.93. The van der Waals surface area contributed by atoms with Crippen molar-refractivity contribution in [2.75, 3.05) is 11.6 Å². The minimum absolute atomic E-state index is 0. The summed E-state index contributed by atoms with van der Waals surface area (Å²) in [7, 11) is -3.11. The summed E-state index contributed by atoms with van der Waals surface area (Å²) in [6.45, 7) is -0.0606. The first-order valence-corrected chi connectivity index (χ1v) is 25.7. The first kappa shape index (κ1) is 78.3. The van der Waals surface area contributed by atoms with Crippen molar-refractivity contribution in [3.8, 4) is 0 Å². The monoisotopic (exact) mass is 1530 g/mol. The number of oxazole rings is 2. The van der Waals surface area contributed by atoms with Crippen molar-refractivity contribution in [1.29, 1.82) is 0 Å². The largest absolute Gasteiger partial charge is 1.00 e. The van der Waals surface area contributed by atoms with Gasteiger partial charge in [0.25, 0.3) is 0 Å². The number of rotatable bonds is 6. The Bertz CT molecular complexity index is 2850. The van der Waals surface area contributed by atoms with Crippen LogP contribution in [-0.2, 0) is 35.5 Å². The molecule has 9 heterocycles. The number of carbonyl (C=O) groups excluding carboxylic acids is 2. The van der Waals surface area contributed by atoms with E-state index >= 15 is 0 Å². The molecule has 0 fully saturated rings. The van der Waals surface area contributed by atoms with Gasteiger partial charge in [-0.05, 0) is 99.4 Å². The van der Waals surface area contributed by atoms with E-state index in [2.05, 4.69) is 163 Å². The quantitative estimate of drug-likeness (QED) is 0.0232. The van der Waals surface area contributed by atoms with Crippen LogP contribution in [0.25, 0.3) is 11.4 Å². The molecule has 0 saturated heterocycles. The fourth-order valence-electron chi connectivity index (χ4n) is 3.46. The number of halogens is 8. The minimum atomic E-state index is -3.11. The summed E-state index contributed by atoms with van der Waals surface area (Å²) in [5.74, 6) is -0.0351. The smallest absolute Gasteiger partial charge is 0.917 e. The van der Waals surface area contributed by atoms with Gasteiger partial charge in [-0.1, -0.05) is 14.9 Å². The molecule has 6 N–H and O–H groups in total. The third kappa shape index (κ3) is 33.2. The van der Waals surface area contributed by atoms with Gasteiger partial charge in [-0.2, -0.15) is 11.0 Å². The van der Waals surface area contributed by atoms with Gasteiger partial charge in [0.2, 0.25) is 21.2 Å². The van der Waals surface area contributed by atoms with Gasteiger partial charge < -0.3 is 77.6 Å². The first-order valence-electron chi connectivity index (χ1n) is 16.5. The molecule has 0 saturated carbocycles. The zero-order chi connectivity index (χ0) is 52.3. The topological polar surface area (TPSA) is 440 Å². The maximum Gasteiger partial charge on any atom is 1.00 e. The van der Waals surface area contributed by atoms with Crippen LogP contribution >= 0.6 is 120 Å². The van der Waals surface area contributed by atoms with E-state index in [0.29, 0.717) is 24.1 Å². The number of aromatic amines is 4. The van der Waals surface area contributed by atoms with Crippen molar-refractivity contribution < 1.29 is 105 Å². The number of alkyl halides is 1. The molecule has 0 atom stereocenters. The normalized spacial score (nSPS) is 8.74. The first-order chi connectivity index (χ1) is 32.9. The van der Waals surface area contributed by atoms with Crippen molar-refractivity contribution in [3.63, 3.8) is 0 Å². The second kappa shape index (κ2) is 46.9. The summed E-state index contributed by atoms with van der Waals surface area (Å²) < 4.78 is 42.4. The van der Waals surface area contributed by atoms with Crippen LogP contribution < -0.4 is 64.8 Å². The number of aldehydes is 2. The fourth-order valence-corrected chi connectivity index (χ4v) is 4.93. The van der Waals surface area contributed by atoms with Crippen LogP contribution in [0.4, 0.5) is 23.3 Å². The fraction of sp³-hybridized carbons (Fsp3) is 0.129. The number of nitrogens with one attached hydrogen (secondary N) is 4. The molecule has 0 unspecified atom stereocenters. The molecule has 9 aromatic heterocycles. The molecule has 0 aromatic carbocycles. The molecule has 9 rings (SSSR count). The molecule has 31 nitrogen and oxygen atoms in total. The van der Waals surface area contributed by atoms with Crippen LogP contribution in [0.5, 0.6) is 0 Å². The molecular formula is C31H34Br7ClN18Na2O13S. The van der Waals surface area contributed by atoms with Gasteiger partial charge >= 0.3 is 82.3 Å². The van der Waals surface area contributed by atoms with E-state index in [1.165, 1.54) is 29.6 Å². The second-order valence-corrected chi connectivity index (χ2v) is 14.7. The Labute approximate surface area is 519 Å². The molecule has 42 heteroatoms. The van der Waals surface area contributed by atoms with Crippen LogP contribution in [0.1, 0.15) is 14.9 Å². The Morgan fingerprint density at radius 3 is 1.60 bits per heavy atom. The van der Waals surface area contributed by atoms with Crippen LogP contribution in [0, 0.1) is 30.3 Å². The maximum atomic E-state index is 10.4. The Morgan fingerprint density at radius 2 is 1.27 bits per heavy atom. The van der Waals surface area contributed by atoms with Crippen molar-refractivity contribution in [3.05, 3.63) is 141 Å². The number of hydrogen-bond donors (Lipinski definition) is 5. The summed E-state index contributed by atoms with van der Waals surface area (Å²) in [6.07, 6.45) is 22.9. The zero-order valence-corrected chi connectivity index (χ0v) is 52.0. The SMILES string of the molecule is BrBr.Brc1cnc[nH]1.Brc1nc[nH]c1Br.C.C.Nc1ncn2ccoc12.O=CCCl.O=CCn1cnc(Br)c1[N+](=O)[O-].O=[N+]([O-])c1[nH]cnc1Br.O=[N+]([O-])c1ncn2ccoc12.O=[S-](=O)[O-].[Na+].[Na+].c1c[nH]cn1. The van der Waals surface area contributed by atoms with Gasteiger partial charge in [-0.15, -0.1) is 11.6 Å². The number of nitrogens with two attached hydrogens (primary N) is 1. The Balaban J connectivity index is -0.000000240. The molecule has 0 bridgehead atoms. The summed E-state index contributed by atoms with van der Waals surface area (Å²) >= 11 is 25.6. The number of nitrogens with zero attached hydrogens (tertiary/aromatic N) is 13. The van der Waals surface area contributed by atoms with Gasteiger partial charge in [-0.25, -0.2) is 43.9 Å². The van der Waals surface area contributed by atoms with E-state index in [0.717, 1.165) is 18.4 Å². The number of carbonyl (C=O) groups is 2. The van der Waals surface area contributed by atoms with E-state index in [-0.39, 0.29) is 119 Å². The average molecular weight is 1540 g/mol. The number of H-pyrrole nitrogens is 4. The summed E-state index contributed by atoms with van der Waals surface area (Å²) in [5, 5.41) is 30.6. The minimum Gasteiger partial charge on any atom is -0.917 e. The van der Waals surface area contributed by atoms with Crippen molar-refractivity contribution >= 4 is 178 Å². The Kier molecular flexibility index (Phi) is 50.4. The van der Waals surface area contributed by atoms with E-state index in [4.69, 9.17) is 43.9 Å². The van der Waals surface area contributed by atoms with Gasteiger partial charge in [0.1, 0.15) is 45.5 Å². The molecule has 0 aliphatic heterocycles. The van der Waals surface area contributed by atoms with E-state index < -0.39 is 25.8 Å². The number of anilines is 1. The number of imidazole rings is 7. The molecular weight excluding hydrogens is 1510 g/mol. The molecule has 0 aliphatic rings. The van der Waals surface area contributed by atoms with E-state index in [9.17, 15) is 35.1 Å². The van der Waals surface area contributed by atoms with Crippen LogP contribution in [-0.4, -0.2) is 106 Å². The number of fused-ring (bicyclic) bond motifs is 2. The summed E-state index contributed by atoms with van der Waals surface area (Å²) in [4.78, 5) is 84.5.